The average molecular weight is 166 g/mol. The molecule has 4 N–H and O–H groups in total. The van der Waals surface area contributed by atoms with Crippen LogP contribution in [0.25, 0.3) is 0 Å². The van der Waals surface area contributed by atoms with Gasteiger partial charge in [0.2, 0.25) is 0 Å². The number of ether oxygens (including phenoxy) is 1. The molecule has 4 nitrogen and oxygen atoms in total. The molecular weight excluding hydrogens is 156 g/mol. The lowest BCUT2D eigenvalue weighted by molar-refractivity contribution is 0.412. The molecule has 0 atom stereocenters. The minimum Gasteiger partial charge on any atom is -0.507 e. The summed E-state index contributed by atoms with van der Waals surface area (Å²) in [4.78, 5) is 0. The second-order valence-corrected chi connectivity index (χ2v) is 2.30. The molecule has 4 heteroatoms. The van der Waals surface area contributed by atoms with Gasteiger partial charge < -0.3 is 15.6 Å². The van der Waals surface area contributed by atoms with Crippen molar-refractivity contribution in [3.63, 3.8) is 0 Å². The zero-order valence-corrected chi connectivity index (χ0v) is 6.66. The largest absolute Gasteiger partial charge is 0.507 e. The third-order valence-corrected chi connectivity index (χ3v) is 1.49. The summed E-state index contributed by atoms with van der Waals surface area (Å²) in [6.07, 6.45) is 0. The smallest absolute Gasteiger partial charge is 0.126 e. The number of nitrogens with two attached hydrogens (primary N) is 1. The molecule has 0 spiro atoms. The number of nitrogen functional groups attached to an aromatic ring is 1. The van der Waals surface area contributed by atoms with Crippen molar-refractivity contribution in [3.05, 3.63) is 23.8 Å². The van der Waals surface area contributed by atoms with E-state index >= 15 is 0 Å². The van der Waals surface area contributed by atoms with E-state index in [9.17, 15) is 5.11 Å². The number of hydrogen-bond donors (Lipinski definition) is 3. The van der Waals surface area contributed by atoms with E-state index in [1.807, 2.05) is 0 Å². The van der Waals surface area contributed by atoms with Crippen molar-refractivity contribution in [2.75, 3.05) is 7.11 Å². The molecule has 0 heterocycles. The van der Waals surface area contributed by atoms with E-state index in [0.29, 0.717) is 5.75 Å². The molecule has 0 aliphatic carbocycles. The standard InChI is InChI=1S/C8H10N2O2/c1-12-5-2-3-7(11)6(4-5)8(9)10/h2-4,11H,1H3,(H3,9,10). The van der Waals surface area contributed by atoms with E-state index in [-0.39, 0.29) is 17.1 Å². The van der Waals surface area contributed by atoms with Gasteiger partial charge in [-0.05, 0) is 18.2 Å². The molecule has 0 fully saturated rings. The Hall–Kier alpha value is -1.71. The van der Waals surface area contributed by atoms with Crippen molar-refractivity contribution in [3.8, 4) is 11.5 Å². The zero-order valence-electron chi connectivity index (χ0n) is 6.66. The van der Waals surface area contributed by atoms with Gasteiger partial charge in [0.15, 0.2) is 0 Å². The summed E-state index contributed by atoms with van der Waals surface area (Å²) in [7, 11) is 1.51. The first kappa shape index (κ1) is 8.39. The summed E-state index contributed by atoms with van der Waals surface area (Å²) in [5.41, 5.74) is 5.49. The van der Waals surface area contributed by atoms with Crippen molar-refractivity contribution < 1.29 is 9.84 Å². The maximum absolute atomic E-state index is 9.22. The molecule has 64 valence electrons. The number of nitrogens with one attached hydrogen (secondary N) is 1. The zero-order chi connectivity index (χ0) is 9.14. The maximum atomic E-state index is 9.22. The lowest BCUT2D eigenvalue weighted by atomic mass is 10.2. The number of aromatic hydroxyl groups is 1. The number of benzene rings is 1. The summed E-state index contributed by atoms with van der Waals surface area (Å²) in [5.74, 6) is 0.382. The molecule has 0 aliphatic rings. The van der Waals surface area contributed by atoms with Crippen LogP contribution in [0.5, 0.6) is 11.5 Å². The van der Waals surface area contributed by atoms with Gasteiger partial charge >= 0.3 is 0 Å². The Kier molecular flexibility index (Phi) is 2.19. The highest BCUT2D eigenvalue weighted by Crippen LogP contribution is 2.21. The number of phenols is 1. The van der Waals surface area contributed by atoms with Crippen molar-refractivity contribution in [2.24, 2.45) is 5.73 Å². The molecule has 1 aromatic carbocycles. The van der Waals surface area contributed by atoms with E-state index in [4.69, 9.17) is 15.9 Å². The van der Waals surface area contributed by atoms with E-state index < -0.39 is 0 Å². The first-order chi connectivity index (χ1) is 5.65. The molecule has 0 amide bonds. The van der Waals surface area contributed by atoms with Gasteiger partial charge in [-0.1, -0.05) is 0 Å². The highest BCUT2D eigenvalue weighted by Gasteiger charge is 2.04. The Labute approximate surface area is 70.1 Å². The first-order valence-electron chi connectivity index (χ1n) is 3.36. The van der Waals surface area contributed by atoms with Gasteiger partial charge in [0.05, 0.1) is 12.7 Å². The Bertz CT molecular complexity index is 310. The van der Waals surface area contributed by atoms with Crippen LogP contribution in [-0.2, 0) is 0 Å². The molecule has 0 radical (unpaired) electrons. The summed E-state index contributed by atoms with van der Waals surface area (Å²) in [6, 6.07) is 4.55. The SMILES string of the molecule is COc1ccc(O)c(C(=N)N)c1. The molecule has 0 aromatic heterocycles. The monoisotopic (exact) mass is 166 g/mol. The van der Waals surface area contributed by atoms with E-state index in [0.717, 1.165) is 0 Å². The number of hydrogen-bond acceptors (Lipinski definition) is 3. The minimum atomic E-state index is -0.175. The van der Waals surface area contributed by atoms with Crippen LogP contribution in [0.2, 0.25) is 0 Å². The second kappa shape index (κ2) is 3.13. The van der Waals surface area contributed by atoms with Crippen LogP contribution in [-0.4, -0.2) is 18.1 Å². The Morgan fingerprint density at radius 1 is 1.58 bits per heavy atom. The highest BCUT2D eigenvalue weighted by atomic mass is 16.5. The van der Waals surface area contributed by atoms with Gasteiger partial charge in [-0.2, -0.15) is 0 Å². The molecule has 0 aliphatic heterocycles. The average Bonchev–Trinajstić information content (AvgIpc) is 2.05. The Balaban J connectivity index is 3.17. The van der Waals surface area contributed by atoms with E-state index in [1.165, 1.54) is 19.2 Å². The number of rotatable bonds is 2. The summed E-state index contributed by atoms with van der Waals surface area (Å²) >= 11 is 0. The van der Waals surface area contributed by atoms with Crippen LogP contribution in [0.3, 0.4) is 0 Å². The second-order valence-electron chi connectivity index (χ2n) is 2.30. The van der Waals surface area contributed by atoms with Crippen LogP contribution in [0.4, 0.5) is 0 Å². The van der Waals surface area contributed by atoms with Crippen molar-refractivity contribution >= 4 is 5.84 Å². The van der Waals surface area contributed by atoms with Gasteiger partial charge in [-0.25, -0.2) is 0 Å². The fourth-order valence-electron chi connectivity index (χ4n) is 0.858. The molecule has 0 saturated heterocycles. The Morgan fingerprint density at radius 3 is 2.75 bits per heavy atom. The molecule has 1 aromatic rings. The fraction of sp³-hybridized carbons (Fsp3) is 0.125. The predicted octanol–water partition coefficient (Wildman–Crippen LogP) is 0.685. The van der Waals surface area contributed by atoms with Gasteiger partial charge in [-0.3, -0.25) is 5.41 Å². The minimum absolute atomic E-state index is 0.0108. The third-order valence-electron chi connectivity index (χ3n) is 1.49. The molecular formula is C8H10N2O2. The third kappa shape index (κ3) is 1.47. The summed E-state index contributed by atoms with van der Waals surface area (Å²) in [5, 5.41) is 16.3. The van der Waals surface area contributed by atoms with Crippen molar-refractivity contribution in [1.82, 2.24) is 0 Å². The van der Waals surface area contributed by atoms with Crippen LogP contribution in [0.1, 0.15) is 5.56 Å². The van der Waals surface area contributed by atoms with Crippen molar-refractivity contribution in [2.45, 2.75) is 0 Å². The lowest BCUT2D eigenvalue weighted by Gasteiger charge is -2.04. The normalized spacial score (nSPS) is 9.42. The molecule has 12 heavy (non-hydrogen) atoms. The van der Waals surface area contributed by atoms with Crippen LogP contribution < -0.4 is 10.5 Å². The Morgan fingerprint density at radius 2 is 2.25 bits per heavy atom. The van der Waals surface area contributed by atoms with Crippen molar-refractivity contribution in [1.29, 1.82) is 5.41 Å². The van der Waals surface area contributed by atoms with E-state index in [2.05, 4.69) is 0 Å². The predicted molar refractivity (Wildman–Crippen MR) is 45.7 cm³/mol. The molecule has 0 bridgehead atoms. The quantitative estimate of drug-likeness (QED) is 0.446. The first-order valence-corrected chi connectivity index (χ1v) is 3.36. The number of amidine groups is 1. The fourth-order valence-corrected chi connectivity index (χ4v) is 0.858. The summed E-state index contributed by atoms with van der Waals surface area (Å²) < 4.78 is 4.90. The van der Waals surface area contributed by atoms with Gasteiger partial charge in [0, 0.05) is 0 Å². The van der Waals surface area contributed by atoms with Gasteiger partial charge in [0.1, 0.15) is 17.3 Å². The highest BCUT2D eigenvalue weighted by molar-refractivity contribution is 5.97. The lowest BCUT2D eigenvalue weighted by Crippen LogP contribution is -2.11. The molecule has 0 unspecified atom stereocenters. The van der Waals surface area contributed by atoms with Crippen LogP contribution >= 0.6 is 0 Å². The topological polar surface area (TPSA) is 79.3 Å². The number of methoxy groups -OCH3 is 1. The maximum Gasteiger partial charge on any atom is 0.126 e. The summed E-state index contributed by atoms with van der Waals surface area (Å²) in [6.45, 7) is 0. The van der Waals surface area contributed by atoms with Crippen LogP contribution in [0.15, 0.2) is 18.2 Å². The van der Waals surface area contributed by atoms with Crippen LogP contribution in [0, 0.1) is 5.41 Å². The molecule has 1 rings (SSSR count). The molecule has 0 saturated carbocycles. The van der Waals surface area contributed by atoms with Gasteiger partial charge in [-0.15, -0.1) is 0 Å². The number of phenolic OH excluding ortho intramolecular Hbond substituents is 1. The van der Waals surface area contributed by atoms with Gasteiger partial charge in [0.25, 0.3) is 0 Å². The van der Waals surface area contributed by atoms with E-state index in [1.54, 1.807) is 6.07 Å².